The van der Waals surface area contributed by atoms with Crippen molar-refractivity contribution in [3.8, 4) is 0 Å². The van der Waals surface area contributed by atoms with Gasteiger partial charge in [0.2, 0.25) is 5.56 Å². The number of nitrogens with zero attached hydrogens (tertiary/aromatic N) is 1. The summed E-state index contributed by atoms with van der Waals surface area (Å²) in [5.74, 6) is 0. The van der Waals surface area contributed by atoms with E-state index in [4.69, 9.17) is 4.74 Å². The molecule has 0 bridgehead atoms. The van der Waals surface area contributed by atoms with Crippen molar-refractivity contribution in [2.75, 3.05) is 0 Å². The minimum absolute atomic E-state index is 0.192. The second kappa shape index (κ2) is 5.29. The summed E-state index contributed by atoms with van der Waals surface area (Å²) in [6.45, 7) is 5.29. The Hall–Kier alpha value is -2.11. The standard InChI is InChI=1S/C11H15N3O3/c1-11(2,3)17-10(16)14-13-7-8-4-5-9(15)12-6-8/h4-7H,1-3H3,(H,12,15)(H,14,16). The zero-order chi connectivity index (χ0) is 12.9. The largest absolute Gasteiger partial charge is 0.443 e. The van der Waals surface area contributed by atoms with Crippen LogP contribution in [0.1, 0.15) is 26.3 Å². The van der Waals surface area contributed by atoms with Crippen molar-refractivity contribution in [2.45, 2.75) is 26.4 Å². The molecule has 1 aromatic rings. The second-order valence-corrected chi connectivity index (χ2v) is 4.36. The Bertz CT molecular complexity index is 451. The maximum atomic E-state index is 11.2. The molecule has 0 unspecified atom stereocenters. The van der Waals surface area contributed by atoms with Gasteiger partial charge in [-0.05, 0) is 26.8 Å². The van der Waals surface area contributed by atoms with Crippen LogP contribution in [-0.2, 0) is 4.74 Å². The van der Waals surface area contributed by atoms with Gasteiger partial charge in [-0.2, -0.15) is 5.10 Å². The molecule has 2 N–H and O–H groups in total. The van der Waals surface area contributed by atoms with Crippen molar-refractivity contribution in [3.05, 3.63) is 34.2 Å². The van der Waals surface area contributed by atoms with Crippen LogP contribution in [0.4, 0.5) is 4.79 Å². The molecular formula is C11H15N3O3. The zero-order valence-electron chi connectivity index (χ0n) is 9.98. The first kappa shape index (κ1) is 13.0. The number of aromatic amines is 1. The average Bonchev–Trinajstić information content (AvgIpc) is 2.18. The van der Waals surface area contributed by atoms with Gasteiger partial charge < -0.3 is 9.72 Å². The fourth-order valence-electron chi connectivity index (χ4n) is 0.963. The van der Waals surface area contributed by atoms with Crippen molar-refractivity contribution in [1.29, 1.82) is 0 Å². The van der Waals surface area contributed by atoms with Crippen LogP contribution in [0, 0.1) is 0 Å². The first-order valence-electron chi connectivity index (χ1n) is 5.08. The Morgan fingerprint density at radius 1 is 1.47 bits per heavy atom. The minimum Gasteiger partial charge on any atom is -0.443 e. The normalized spacial score (nSPS) is 11.5. The molecule has 0 fully saturated rings. The van der Waals surface area contributed by atoms with E-state index in [1.807, 2.05) is 0 Å². The third kappa shape index (κ3) is 5.50. The molecule has 0 atom stereocenters. The predicted molar refractivity (Wildman–Crippen MR) is 64.0 cm³/mol. The van der Waals surface area contributed by atoms with Crippen molar-refractivity contribution < 1.29 is 9.53 Å². The summed E-state index contributed by atoms with van der Waals surface area (Å²) in [6, 6.07) is 2.95. The van der Waals surface area contributed by atoms with Crippen LogP contribution in [0.3, 0.4) is 0 Å². The number of carbonyl (C=O) groups excluding carboxylic acids is 1. The molecule has 0 saturated carbocycles. The van der Waals surface area contributed by atoms with E-state index < -0.39 is 11.7 Å². The Labute approximate surface area is 98.7 Å². The molecule has 0 aromatic carbocycles. The van der Waals surface area contributed by atoms with Gasteiger partial charge in [-0.25, -0.2) is 10.2 Å². The quantitative estimate of drug-likeness (QED) is 0.599. The van der Waals surface area contributed by atoms with E-state index in [1.165, 1.54) is 18.5 Å². The fourth-order valence-corrected chi connectivity index (χ4v) is 0.963. The molecule has 6 nitrogen and oxygen atoms in total. The molecule has 0 aliphatic carbocycles. The van der Waals surface area contributed by atoms with E-state index in [1.54, 1.807) is 26.8 Å². The van der Waals surface area contributed by atoms with E-state index in [0.29, 0.717) is 5.56 Å². The van der Waals surface area contributed by atoms with Crippen molar-refractivity contribution in [1.82, 2.24) is 10.4 Å². The first-order chi connectivity index (χ1) is 7.87. The van der Waals surface area contributed by atoms with Crippen LogP contribution < -0.4 is 11.0 Å². The molecule has 0 spiro atoms. The smallest absolute Gasteiger partial charge is 0.428 e. The summed E-state index contributed by atoms with van der Waals surface area (Å²) < 4.78 is 4.97. The number of hydrogen-bond donors (Lipinski definition) is 2. The molecule has 0 aliphatic heterocycles. The summed E-state index contributed by atoms with van der Waals surface area (Å²) in [4.78, 5) is 24.5. The third-order valence-corrected chi connectivity index (χ3v) is 1.58. The van der Waals surface area contributed by atoms with Crippen LogP contribution in [0.25, 0.3) is 0 Å². The molecule has 17 heavy (non-hydrogen) atoms. The van der Waals surface area contributed by atoms with Crippen LogP contribution >= 0.6 is 0 Å². The summed E-state index contributed by atoms with van der Waals surface area (Å²) in [6.07, 6.45) is 2.26. The van der Waals surface area contributed by atoms with Crippen molar-refractivity contribution >= 4 is 12.3 Å². The summed E-state index contributed by atoms with van der Waals surface area (Å²) >= 11 is 0. The summed E-state index contributed by atoms with van der Waals surface area (Å²) in [5, 5.41) is 3.68. The third-order valence-electron chi connectivity index (χ3n) is 1.58. The van der Waals surface area contributed by atoms with Crippen molar-refractivity contribution in [3.63, 3.8) is 0 Å². The number of aromatic nitrogens is 1. The van der Waals surface area contributed by atoms with Crippen LogP contribution in [-0.4, -0.2) is 22.9 Å². The lowest BCUT2D eigenvalue weighted by atomic mass is 10.2. The fraction of sp³-hybridized carbons (Fsp3) is 0.364. The maximum absolute atomic E-state index is 11.2. The molecule has 6 heteroatoms. The summed E-state index contributed by atoms with van der Waals surface area (Å²) in [7, 11) is 0. The Kier molecular flexibility index (Phi) is 4.03. The number of hydrogen-bond acceptors (Lipinski definition) is 4. The molecular weight excluding hydrogens is 222 g/mol. The lowest BCUT2D eigenvalue weighted by Gasteiger charge is -2.18. The number of rotatable bonds is 2. The van der Waals surface area contributed by atoms with Crippen LogP contribution in [0.2, 0.25) is 0 Å². The number of carbonyl (C=O) groups is 1. The van der Waals surface area contributed by atoms with Gasteiger partial charge in [0.1, 0.15) is 5.60 Å². The van der Waals surface area contributed by atoms with Gasteiger partial charge >= 0.3 is 6.09 Å². The number of amides is 1. The van der Waals surface area contributed by atoms with Gasteiger partial charge in [0.15, 0.2) is 0 Å². The van der Waals surface area contributed by atoms with Gasteiger partial charge in [-0.3, -0.25) is 4.79 Å². The topological polar surface area (TPSA) is 83.5 Å². The van der Waals surface area contributed by atoms with Gasteiger partial charge in [-0.1, -0.05) is 0 Å². The van der Waals surface area contributed by atoms with E-state index in [0.717, 1.165) is 0 Å². The zero-order valence-corrected chi connectivity index (χ0v) is 9.98. The number of nitrogens with one attached hydrogen (secondary N) is 2. The molecule has 0 aliphatic rings. The highest BCUT2D eigenvalue weighted by Gasteiger charge is 2.15. The number of pyridine rings is 1. The molecule has 0 saturated heterocycles. The number of ether oxygens (including phenoxy) is 1. The number of hydrazone groups is 1. The molecule has 1 heterocycles. The van der Waals surface area contributed by atoms with Crippen LogP contribution in [0.15, 0.2) is 28.2 Å². The van der Waals surface area contributed by atoms with Gasteiger partial charge in [-0.15, -0.1) is 0 Å². The Balaban J connectivity index is 2.48. The molecule has 0 radical (unpaired) electrons. The SMILES string of the molecule is CC(C)(C)OC(=O)NN=Cc1ccc(=O)[nH]c1. The molecule has 1 rings (SSSR count). The van der Waals surface area contributed by atoms with E-state index in [9.17, 15) is 9.59 Å². The number of H-pyrrole nitrogens is 1. The Morgan fingerprint density at radius 3 is 2.71 bits per heavy atom. The molecule has 1 aromatic heterocycles. The lowest BCUT2D eigenvalue weighted by Crippen LogP contribution is -2.29. The van der Waals surface area contributed by atoms with Gasteiger partial charge in [0, 0.05) is 17.8 Å². The van der Waals surface area contributed by atoms with E-state index >= 15 is 0 Å². The van der Waals surface area contributed by atoms with Crippen LogP contribution in [0.5, 0.6) is 0 Å². The Morgan fingerprint density at radius 2 is 2.18 bits per heavy atom. The highest BCUT2D eigenvalue weighted by Crippen LogP contribution is 2.06. The monoisotopic (exact) mass is 237 g/mol. The lowest BCUT2D eigenvalue weighted by molar-refractivity contribution is 0.0529. The first-order valence-corrected chi connectivity index (χ1v) is 5.08. The average molecular weight is 237 g/mol. The summed E-state index contributed by atoms with van der Waals surface area (Å²) in [5.41, 5.74) is 2.14. The maximum Gasteiger partial charge on any atom is 0.428 e. The van der Waals surface area contributed by atoms with E-state index in [-0.39, 0.29) is 5.56 Å². The van der Waals surface area contributed by atoms with Gasteiger partial charge in [0.05, 0.1) is 6.21 Å². The molecule has 92 valence electrons. The van der Waals surface area contributed by atoms with E-state index in [2.05, 4.69) is 15.5 Å². The molecule has 1 amide bonds. The van der Waals surface area contributed by atoms with Gasteiger partial charge in [0.25, 0.3) is 0 Å². The highest BCUT2D eigenvalue weighted by atomic mass is 16.6. The highest BCUT2D eigenvalue weighted by molar-refractivity contribution is 5.80. The predicted octanol–water partition coefficient (Wildman–Crippen LogP) is 1.23. The minimum atomic E-state index is -0.627. The second-order valence-electron chi connectivity index (χ2n) is 4.36. The van der Waals surface area contributed by atoms with Crippen molar-refractivity contribution in [2.24, 2.45) is 5.10 Å².